The van der Waals surface area contributed by atoms with Gasteiger partial charge in [0.25, 0.3) is 0 Å². The van der Waals surface area contributed by atoms with Crippen LogP contribution in [0.3, 0.4) is 0 Å². The number of para-hydroxylation sites is 2. The zero-order valence-electron chi connectivity index (χ0n) is 75.1. The van der Waals surface area contributed by atoms with E-state index in [9.17, 15) is 63.3 Å². The van der Waals surface area contributed by atoms with Gasteiger partial charge in [-0.25, -0.2) is 0 Å². The van der Waals surface area contributed by atoms with Crippen LogP contribution in [-0.2, 0) is 101 Å². The number of benzene rings is 3. The van der Waals surface area contributed by atoms with Gasteiger partial charge < -0.3 is 109 Å². The van der Waals surface area contributed by atoms with Gasteiger partial charge in [0.1, 0.15) is 78.3 Å². The fraction of sp³-hybridized carbons (Fsp3) is 0.567. The molecule has 2 aromatic heterocycles. The number of Topliss-reactive ketones (excluding diaryl/α,β-unsaturated/α-hetero) is 1. The van der Waals surface area contributed by atoms with Crippen molar-refractivity contribution in [2.45, 2.75) is 243 Å². The fourth-order valence-corrected chi connectivity index (χ4v) is 17.4. The maximum Gasteiger partial charge on any atom is 0.305 e. The standard InChI is InChI=1S/C90H128N18O20S/c1-11-13-25-71-84(122)98-63(37-50(3)4)82(120)103-69(80(118)95-46-75(92)112)48-129-49-76(113)96-65(39-53-29-31-57(110)32-30-53)86(124)104(8)52(7)78(116)99-67(43-77(114)115)89(127)108-36-20-28-72(108)85(123)97-62(33-34-91)81(119)100-64(38-51(5)6)88(126)107-35-19-27-70(107)74(111)42-54(40-55-44-93-60-23-17-15-21-58(55)60)79(117)102-68(47-109)83(121)101-66(41-56-45-94-61-24-18-16-22-59(56)61)87(125)106(10)73(26-14-12-2)90(128)105(71)9/h15-18,21-24,29-32,44-45,50-52,54,62-73,93-94,109-110H,11-14,19-20,25-28,33-43,46-49,91H2,1-10H3,(H2,92,112)(H,95,118)(H,96,113)(H,97,123)(H,98,122)(H,99,116)(H,100,119)(H,101,121)(H,102,117)(H,103,120)(H,114,115)/t52-,54+,62-,63-,64-,65-,66-,67-,68-,69-,70-,71-,72-,73-/m0/s1. The molecule has 18 N–H and O–H groups in total. The van der Waals surface area contributed by atoms with Crippen molar-refractivity contribution in [2.75, 3.05) is 65.4 Å². The van der Waals surface area contributed by atoms with Crippen LogP contribution >= 0.6 is 11.8 Å². The number of hydrogen-bond donors (Lipinski definition) is 16. The number of nitrogens with one attached hydrogen (secondary N) is 11. The largest absolute Gasteiger partial charge is 0.508 e. The molecule has 3 saturated heterocycles. The van der Waals surface area contributed by atoms with E-state index in [-0.39, 0.29) is 108 Å². The summed E-state index contributed by atoms with van der Waals surface area (Å²) in [6.45, 7) is 10.2. The summed E-state index contributed by atoms with van der Waals surface area (Å²) in [6.07, 6.45) is 3.52. The Morgan fingerprint density at radius 3 is 1.63 bits per heavy atom. The predicted octanol–water partition coefficient (Wildman–Crippen LogP) is 0.956. The van der Waals surface area contributed by atoms with Crippen LogP contribution in [0.15, 0.2) is 85.2 Å². The third-order valence-corrected chi connectivity index (χ3v) is 24.8. The van der Waals surface area contributed by atoms with Gasteiger partial charge in [-0.2, -0.15) is 0 Å². The molecule has 3 fully saturated rings. The molecule has 0 saturated carbocycles. The molecule has 0 aliphatic carbocycles. The second kappa shape index (κ2) is 49.0. The monoisotopic (exact) mass is 1810 g/mol. The summed E-state index contributed by atoms with van der Waals surface area (Å²) in [5, 5.41) is 56.9. The van der Waals surface area contributed by atoms with Crippen LogP contribution in [0.2, 0.25) is 0 Å². The number of thioether (sulfide) groups is 1. The number of aromatic hydroxyl groups is 1. The Labute approximate surface area is 754 Å². The van der Waals surface area contributed by atoms with Gasteiger partial charge in [0, 0.05) is 99.4 Å². The highest BCUT2D eigenvalue weighted by Crippen LogP contribution is 2.30. The van der Waals surface area contributed by atoms with Crippen LogP contribution in [0.1, 0.15) is 161 Å². The highest BCUT2D eigenvalue weighted by atomic mass is 32.2. The van der Waals surface area contributed by atoms with Crippen molar-refractivity contribution in [1.29, 1.82) is 0 Å². The molecule has 3 aliphatic rings. The minimum absolute atomic E-state index is 0.00232. The van der Waals surface area contributed by atoms with Crippen molar-refractivity contribution in [3.05, 3.63) is 102 Å². The van der Waals surface area contributed by atoms with Gasteiger partial charge >= 0.3 is 5.97 Å². The Morgan fingerprint density at radius 1 is 0.535 bits per heavy atom. The van der Waals surface area contributed by atoms with E-state index in [1.807, 2.05) is 26.0 Å². The molecule has 0 radical (unpaired) electrons. The number of carboxylic acid groups (broad SMARTS) is 1. The molecule has 0 bridgehead atoms. The number of nitrogens with zero attached hydrogens (tertiary/aromatic N) is 5. The first kappa shape index (κ1) is 102. The minimum Gasteiger partial charge on any atom is -0.508 e. The summed E-state index contributed by atoms with van der Waals surface area (Å²) in [5.74, 6) is -18.2. The molecule has 129 heavy (non-hydrogen) atoms. The Morgan fingerprint density at radius 2 is 1.04 bits per heavy atom. The number of amides is 15. The van der Waals surface area contributed by atoms with E-state index >= 15 is 33.6 Å². The third kappa shape index (κ3) is 28.5. The molecule has 3 aromatic carbocycles. The lowest BCUT2D eigenvalue weighted by molar-refractivity contribution is -0.149. The van der Waals surface area contributed by atoms with Crippen molar-refractivity contribution in [3.8, 4) is 5.75 Å². The van der Waals surface area contributed by atoms with Gasteiger partial charge in [-0.05, 0) is 130 Å². The molecule has 5 aromatic rings. The number of aromatic nitrogens is 2. The van der Waals surface area contributed by atoms with Crippen molar-refractivity contribution >= 4 is 134 Å². The molecule has 0 spiro atoms. The van der Waals surface area contributed by atoms with Gasteiger partial charge in [-0.15, -0.1) is 11.8 Å². The van der Waals surface area contributed by atoms with Crippen LogP contribution in [0, 0.1) is 17.8 Å². The average molecular weight is 1810 g/mol. The molecule has 38 nitrogen and oxygen atoms in total. The zero-order chi connectivity index (χ0) is 94.6. The Kier molecular flexibility index (Phi) is 38.9. The normalized spacial score (nSPS) is 25.0. The number of aliphatic carboxylic acids is 1. The van der Waals surface area contributed by atoms with Gasteiger partial charge in [0.2, 0.25) is 88.6 Å². The van der Waals surface area contributed by atoms with E-state index in [1.165, 1.54) is 67.0 Å². The molecule has 0 unspecified atom stereocenters. The summed E-state index contributed by atoms with van der Waals surface area (Å²) in [6, 6.07) is 0.913. The number of carboxylic acids is 1. The number of aliphatic hydroxyl groups is 1. The van der Waals surface area contributed by atoms with E-state index in [2.05, 4.69) is 57.8 Å². The maximum absolute atomic E-state index is 15.7. The molecule has 8 rings (SSSR count). The van der Waals surface area contributed by atoms with Gasteiger partial charge in [0.15, 0.2) is 5.78 Å². The minimum atomic E-state index is -1.86. The topological polar surface area (TPSA) is 559 Å². The second-order valence-corrected chi connectivity index (χ2v) is 35.5. The van der Waals surface area contributed by atoms with Crippen molar-refractivity contribution < 1.29 is 96.8 Å². The number of aliphatic hydroxyl groups excluding tert-OH is 1. The van der Waals surface area contributed by atoms with E-state index < -0.39 is 222 Å². The number of phenolic OH excluding ortho intramolecular Hbond substituents is 1. The van der Waals surface area contributed by atoms with Gasteiger partial charge in [-0.3, -0.25) is 81.5 Å². The molecular formula is C90H128N18O20S. The van der Waals surface area contributed by atoms with Crippen LogP contribution in [0.4, 0.5) is 0 Å². The number of fused-ring (bicyclic) bond motifs is 4. The number of phenols is 1. The Bertz CT molecular complexity index is 4810. The summed E-state index contributed by atoms with van der Waals surface area (Å²) in [4.78, 5) is 260. The molecule has 5 heterocycles. The first-order valence-electron chi connectivity index (χ1n) is 44.3. The number of nitrogens with two attached hydrogens (primary N) is 2. The maximum atomic E-state index is 15.7. The van der Waals surface area contributed by atoms with Crippen molar-refractivity contribution in [2.24, 2.45) is 29.2 Å². The highest BCUT2D eigenvalue weighted by molar-refractivity contribution is 8.00. The zero-order valence-corrected chi connectivity index (χ0v) is 75.9. The Balaban J connectivity index is 1.18. The van der Waals surface area contributed by atoms with E-state index in [1.54, 1.807) is 76.5 Å². The summed E-state index contributed by atoms with van der Waals surface area (Å²) >= 11 is 0.795. The van der Waals surface area contributed by atoms with Crippen molar-refractivity contribution in [3.63, 3.8) is 0 Å². The van der Waals surface area contributed by atoms with Crippen LogP contribution < -0.4 is 59.3 Å². The smallest absolute Gasteiger partial charge is 0.305 e. The van der Waals surface area contributed by atoms with Crippen LogP contribution in [-0.4, -0.2) is 294 Å². The highest BCUT2D eigenvalue weighted by Gasteiger charge is 2.46. The fourth-order valence-electron chi connectivity index (χ4n) is 16.6. The van der Waals surface area contributed by atoms with Crippen LogP contribution in [0.25, 0.3) is 21.8 Å². The lowest BCUT2D eigenvalue weighted by Crippen LogP contribution is -2.61. The van der Waals surface area contributed by atoms with Gasteiger partial charge in [-0.1, -0.05) is 116 Å². The Hall–Kier alpha value is -12.0. The number of rotatable bonds is 24. The third-order valence-electron chi connectivity index (χ3n) is 23.8. The number of likely N-dealkylation sites (N-methyl/N-ethyl adjacent to an activating group) is 3. The SMILES string of the molecule is CCCC[C@H]1C(=O)N(C)[C@@H](CCCC)C(=O)N[C@@H](CC(C)C)C(=O)N[C@H](C(=O)NCC(N)=O)CSCC(=O)N[C@@H](Cc2ccc(O)cc2)C(=O)N(C)[C@@H](C)C(=O)N[C@@H](CC(=O)O)C(=O)N2CCC[C@H]2C(=O)N[C@@H](CCN)C(=O)N[C@@H](CC(C)C)C(=O)N2CCC[C@H]2C(=O)C[C@@H](Cc2c[nH]c3ccccc23)C(=O)N[C@@H](CO)C(=O)N[C@@H](Cc2c[nH]c3ccccc23)C(=O)N1C. The first-order valence-corrected chi connectivity index (χ1v) is 45.4. The molecule has 704 valence electrons. The predicted molar refractivity (Wildman–Crippen MR) is 480 cm³/mol. The lowest BCUT2D eigenvalue weighted by atomic mass is 9.90. The van der Waals surface area contributed by atoms with E-state index in [0.29, 0.717) is 70.6 Å². The number of unbranched alkanes of at least 4 members (excludes halogenated alkanes) is 2. The number of ketones is 1. The summed E-state index contributed by atoms with van der Waals surface area (Å²) < 4.78 is 0. The number of primary amides is 1. The number of carbonyl (C=O) groups excluding carboxylic acids is 16. The first-order chi connectivity index (χ1) is 61.4. The number of aromatic amines is 2. The number of carbonyl (C=O) groups is 17. The van der Waals surface area contributed by atoms with Gasteiger partial charge in [0.05, 0.1) is 31.4 Å². The molecule has 39 heteroatoms. The van der Waals surface area contributed by atoms with E-state index in [4.69, 9.17) is 11.5 Å². The average Bonchev–Trinajstić information content (AvgIpc) is 1.55. The summed E-state index contributed by atoms with van der Waals surface area (Å²) in [5.41, 5.74) is 14.4. The van der Waals surface area contributed by atoms with Crippen molar-refractivity contribution in [1.82, 2.24) is 82.3 Å². The number of hydrogen-bond acceptors (Lipinski definition) is 21. The second-order valence-electron chi connectivity index (χ2n) is 34.4. The quantitative estimate of drug-likeness (QED) is 0.0409. The molecular weight excluding hydrogens is 1690 g/mol. The van der Waals surface area contributed by atoms with E-state index in [0.717, 1.165) is 21.6 Å². The lowest BCUT2D eigenvalue weighted by Gasteiger charge is -2.36. The number of H-pyrrole nitrogens is 2. The molecule has 3 aliphatic heterocycles. The van der Waals surface area contributed by atoms with Crippen LogP contribution in [0.5, 0.6) is 5.75 Å². The molecule has 15 amide bonds. The molecule has 14 atom stereocenters. The summed E-state index contributed by atoms with van der Waals surface area (Å²) in [7, 11) is 3.98.